The Hall–Kier alpha value is -3.18. The summed E-state index contributed by atoms with van der Waals surface area (Å²) in [5.41, 5.74) is 2.38. The smallest absolute Gasteiger partial charge is 0.243 e. The molecular formula is C28H30ClFN2O2. The van der Waals surface area contributed by atoms with Gasteiger partial charge in [-0.3, -0.25) is 9.59 Å². The number of carbonyl (C=O) groups is 2. The van der Waals surface area contributed by atoms with Crippen molar-refractivity contribution in [1.29, 1.82) is 0 Å². The lowest BCUT2D eigenvalue weighted by molar-refractivity contribution is -0.140. The molecule has 3 rings (SSSR count). The number of nitrogens with one attached hydrogen (secondary N) is 1. The highest BCUT2D eigenvalue weighted by atomic mass is 35.5. The molecule has 0 aliphatic rings. The standard InChI is InChI=1S/C28H30ClFN2O2/c1-20(2)18-31-28(34)26(16-21-8-4-3-5-9-21)32(19-23-10-6-7-11-25(23)29)27(33)17-22-12-14-24(30)15-13-22/h3-15,20,26H,16-19H2,1-2H3,(H,31,34). The number of halogens is 2. The second kappa shape index (κ2) is 12.3. The molecule has 0 fully saturated rings. The summed E-state index contributed by atoms with van der Waals surface area (Å²) in [5, 5.41) is 3.52. The first kappa shape index (κ1) is 25.4. The van der Waals surface area contributed by atoms with Crippen LogP contribution in [0.4, 0.5) is 4.39 Å². The molecule has 3 aromatic carbocycles. The van der Waals surface area contributed by atoms with Crippen LogP contribution in [0.15, 0.2) is 78.9 Å². The zero-order valence-corrected chi connectivity index (χ0v) is 20.3. The van der Waals surface area contributed by atoms with Gasteiger partial charge in [-0.2, -0.15) is 0 Å². The summed E-state index contributed by atoms with van der Waals surface area (Å²) in [6, 6.07) is 22.0. The van der Waals surface area contributed by atoms with E-state index in [1.165, 1.54) is 12.1 Å². The molecule has 0 heterocycles. The van der Waals surface area contributed by atoms with Crippen LogP contribution in [0.2, 0.25) is 5.02 Å². The Labute approximate surface area is 205 Å². The van der Waals surface area contributed by atoms with Crippen molar-refractivity contribution in [1.82, 2.24) is 10.2 Å². The fraction of sp³-hybridized carbons (Fsp3) is 0.286. The highest BCUT2D eigenvalue weighted by molar-refractivity contribution is 6.31. The van der Waals surface area contributed by atoms with Crippen LogP contribution < -0.4 is 5.32 Å². The molecule has 0 aromatic heterocycles. The first-order valence-electron chi connectivity index (χ1n) is 11.4. The Kier molecular flexibility index (Phi) is 9.23. The number of rotatable bonds is 10. The van der Waals surface area contributed by atoms with Crippen molar-refractivity contribution in [2.24, 2.45) is 5.92 Å². The second-order valence-corrected chi connectivity index (χ2v) is 9.17. The van der Waals surface area contributed by atoms with Gasteiger partial charge in [-0.05, 0) is 40.8 Å². The number of carbonyl (C=O) groups excluding carboxylic acids is 2. The van der Waals surface area contributed by atoms with E-state index in [1.807, 2.05) is 62.4 Å². The van der Waals surface area contributed by atoms with Crippen molar-refractivity contribution in [2.75, 3.05) is 6.54 Å². The van der Waals surface area contributed by atoms with E-state index >= 15 is 0 Å². The Balaban J connectivity index is 1.96. The maximum Gasteiger partial charge on any atom is 0.243 e. The summed E-state index contributed by atoms with van der Waals surface area (Å²) in [6.07, 6.45) is 0.415. The number of hydrogen-bond donors (Lipinski definition) is 1. The summed E-state index contributed by atoms with van der Waals surface area (Å²) in [6.45, 7) is 4.74. The lowest BCUT2D eigenvalue weighted by Gasteiger charge is -2.32. The molecule has 0 aliphatic carbocycles. The summed E-state index contributed by atoms with van der Waals surface area (Å²) in [7, 11) is 0. The highest BCUT2D eigenvalue weighted by Crippen LogP contribution is 2.21. The van der Waals surface area contributed by atoms with Gasteiger partial charge in [-0.1, -0.05) is 86.1 Å². The fourth-order valence-corrected chi connectivity index (χ4v) is 3.86. The third kappa shape index (κ3) is 7.42. The number of nitrogens with zero attached hydrogens (tertiary/aromatic N) is 1. The molecule has 2 amide bonds. The van der Waals surface area contributed by atoms with Crippen molar-refractivity contribution >= 4 is 23.4 Å². The van der Waals surface area contributed by atoms with Gasteiger partial charge in [0.2, 0.25) is 11.8 Å². The van der Waals surface area contributed by atoms with Crippen LogP contribution in [-0.2, 0) is 29.0 Å². The van der Waals surface area contributed by atoms with E-state index in [2.05, 4.69) is 5.32 Å². The third-order valence-electron chi connectivity index (χ3n) is 5.52. The molecular weight excluding hydrogens is 451 g/mol. The number of benzene rings is 3. The summed E-state index contributed by atoms with van der Waals surface area (Å²) >= 11 is 6.42. The van der Waals surface area contributed by atoms with Crippen molar-refractivity contribution in [2.45, 2.75) is 39.3 Å². The SMILES string of the molecule is CC(C)CNC(=O)C(Cc1ccccc1)N(Cc1ccccc1Cl)C(=O)Cc1ccc(F)cc1. The molecule has 4 nitrogen and oxygen atoms in total. The van der Waals surface area contributed by atoms with Crippen molar-refractivity contribution < 1.29 is 14.0 Å². The van der Waals surface area contributed by atoms with Crippen LogP contribution >= 0.6 is 11.6 Å². The maximum atomic E-state index is 13.6. The highest BCUT2D eigenvalue weighted by Gasteiger charge is 2.30. The fourth-order valence-electron chi connectivity index (χ4n) is 3.67. The van der Waals surface area contributed by atoms with Crippen LogP contribution in [0.25, 0.3) is 0 Å². The monoisotopic (exact) mass is 480 g/mol. The lowest BCUT2D eigenvalue weighted by atomic mass is 10.0. The van der Waals surface area contributed by atoms with E-state index in [-0.39, 0.29) is 36.5 Å². The number of amides is 2. The van der Waals surface area contributed by atoms with Crippen LogP contribution in [0.3, 0.4) is 0 Å². The maximum absolute atomic E-state index is 13.6. The summed E-state index contributed by atoms with van der Waals surface area (Å²) < 4.78 is 13.4. The Morgan fingerprint density at radius 1 is 0.912 bits per heavy atom. The van der Waals surface area contributed by atoms with Gasteiger partial charge < -0.3 is 10.2 Å². The molecule has 1 unspecified atom stereocenters. The van der Waals surface area contributed by atoms with E-state index in [4.69, 9.17) is 11.6 Å². The van der Waals surface area contributed by atoms with Gasteiger partial charge in [0, 0.05) is 24.5 Å². The van der Waals surface area contributed by atoms with Crippen LogP contribution in [0.1, 0.15) is 30.5 Å². The van der Waals surface area contributed by atoms with Gasteiger partial charge in [-0.15, -0.1) is 0 Å². The largest absolute Gasteiger partial charge is 0.354 e. The molecule has 0 radical (unpaired) electrons. The molecule has 0 saturated carbocycles. The Morgan fingerprint density at radius 2 is 1.56 bits per heavy atom. The van der Waals surface area contributed by atoms with Gasteiger partial charge in [-0.25, -0.2) is 4.39 Å². The summed E-state index contributed by atoms with van der Waals surface area (Å²) in [4.78, 5) is 28.6. The average Bonchev–Trinajstić information content (AvgIpc) is 2.83. The molecule has 0 aliphatic heterocycles. The van der Waals surface area contributed by atoms with Crippen LogP contribution in [0, 0.1) is 11.7 Å². The normalized spacial score (nSPS) is 11.8. The van der Waals surface area contributed by atoms with Crippen LogP contribution in [-0.4, -0.2) is 29.3 Å². The van der Waals surface area contributed by atoms with Gasteiger partial charge in [0.25, 0.3) is 0 Å². The third-order valence-corrected chi connectivity index (χ3v) is 5.89. The minimum Gasteiger partial charge on any atom is -0.354 e. The van der Waals surface area contributed by atoms with Gasteiger partial charge in [0.1, 0.15) is 11.9 Å². The van der Waals surface area contributed by atoms with E-state index in [0.717, 1.165) is 11.1 Å². The lowest BCUT2D eigenvalue weighted by Crippen LogP contribution is -2.51. The van der Waals surface area contributed by atoms with Gasteiger partial charge >= 0.3 is 0 Å². The predicted octanol–water partition coefficient (Wildman–Crippen LogP) is 5.43. The van der Waals surface area contributed by atoms with Crippen molar-refractivity contribution in [3.8, 4) is 0 Å². The van der Waals surface area contributed by atoms with E-state index in [1.54, 1.807) is 23.1 Å². The predicted molar refractivity (Wildman–Crippen MR) is 134 cm³/mol. The Morgan fingerprint density at radius 3 is 2.21 bits per heavy atom. The molecule has 0 saturated heterocycles. The second-order valence-electron chi connectivity index (χ2n) is 8.76. The zero-order chi connectivity index (χ0) is 24.5. The number of hydrogen-bond acceptors (Lipinski definition) is 2. The molecule has 0 bridgehead atoms. The average molecular weight is 481 g/mol. The Bertz CT molecular complexity index is 1090. The first-order chi connectivity index (χ1) is 16.3. The molecule has 1 N–H and O–H groups in total. The van der Waals surface area contributed by atoms with Gasteiger partial charge in [0.05, 0.1) is 6.42 Å². The molecule has 178 valence electrons. The zero-order valence-electron chi connectivity index (χ0n) is 19.5. The molecule has 1 atom stereocenters. The van der Waals surface area contributed by atoms with Crippen LogP contribution in [0.5, 0.6) is 0 Å². The molecule has 34 heavy (non-hydrogen) atoms. The summed E-state index contributed by atoms with van der Waals surface area (Å²) in [5.74, 6) is -0.531. The van der Waals surface area contributed by atoms with Gasteiger partial charge in [0.15, 0.2) is 0 Å². The molecule has 3 aromatic rings. The van der Waals surface area contributed by atoms with E-state index in [0.29, 0.717) is 23.6 Å². The molecule has 0 spiro atoms. The van der Waals surface area contributed by atoms with Crippen molar-refractivity contribution in [3.05, 3.63) is 106 Å². The minimum absolute atomic E-state index is 0.0491. The van der Waals surface area contributed by atoms with Crippen molar-refractivity contribution in [3.63, 3.8) is 0 Å². The van der Waals surface area contributed by atoms with E-state index in [9.17, 15) is 14.0 Å². The topological polar surface area (TPSA) is 49.4 Å². The minimum atomic E-state index is -0.731. The first-order valence-corrected chi connectivity index (χ1v) is 11.8. The quantitative estimate of drug-likeness (QED) is 0.420. The molecule has 6 heteroatoms. The van der Waals surface area contributed by atoms with E-state index < -0.39 is 6.04 Å².